The second-order valence-corrected chi connectivity index (χ2v) is 7.15. The van der Waals surface area contributed by atoms with Crippen molar-refractivity contribution in [3.63, 3.8) is 0 Å². The number of hydrogen-bond acceptors (Lipinski definition) is 3. The third-order valence-electron chi connectivity index (χ3n) is 3.82. The molecule has 3 rings (SSSR count). The highest BCUT2D eigenvalue weighted by Crippen LogP contribution is 2.28. The molecule has 0 unspecified atom stereocenters. The van der Waals surface area contributed by atoms with Crippen LogP contribution in [0.25, 0.3) is 0 Å². The lowest BCUT2D eigenvalue weighted by molar-refractivity contribution is -0.685. The molecule has 2 aromatic carbocycles. The molecule has 0 aliphatic rings. The van der Waals surface area contributed by atoms with Gasteiger partial charge in [-0.25, -0.2) is 0 Å². The molecular formula is C20H21ClNO2S+. The van der Waals surface area contributed by atoms with Crippen molar-refractivity contribution in [2.24, 2.45) is 0 Å². The average molecular weight is 375 g/mol. The number of quaternary nitrogens is 1. The molecule has 0 aliphatic carbocycles. The van der Waals surface area contributed by atoms with Crippen LogP contribution in [-0.4, -0.2) is 7.11 Å². The van der Waals surface area contributed by atoms with Gasteiger partial charge in [-0.1, -0.05) is 29.8 Å². The van der Waals surface area contributed by atoms with Crippen molar-refractivity contribution in [1.29, 1.82) is 0 Å². The monoisotopic (exact) mass is 374 g/mol. The van der Waals surface area contributed by atoms with Gasteiger partial charge >= 0.3 is 0 Å². The molecule has 5 heteroatoms. The number of hydrogen-bond donors (Lipinski definition) is 1. The number of rotatable bonds is 8. The van der Waals surface area contributed by atoms with E-state index in [1.54, 1.807) is 18.4 Å². The molecule has 0 bridgehead atoms. The average Bonchev–Trinajstić information content (AvgIpc) is 3.14. The molecule has 0 fully saturated rings. The van der Waals surface area contributed by atoms with Crippen LogP contribution in [0.2, 0.25) is 5.02 Å². The van der Waals surface area contributed by atoms with Crippen LogP contribution in [0.5, 0.6) is 11.5 Å². The minimum atomic E-state index is 0.459. The van der Waals surface area contributed by atoms with Crippen molar-refractivity contribution in [1.82, 2.24) is 0 Å². The summed E-state index contributed by atoms with van der Waals surface area (Å²) in [7, 11) is 1.67. The van der Waals surface area contributed by atoms with Crippen LogP contribution in [0, 0.1) is 0 Å². The zero-order chi connectivity index (χ0) is 17.5. The zero-order valence-corrected chi connectivity index (χ0v) is 15.6. The van der Waals surface area contributed by atoms with Gasteiger partial charge in [-0.3, -0.25) is 0 Å². The Bertz CT molecular complexity index is 805. The van der Waals surface area contributed by atoms with E-state index in [1.807, 2.05) is 36.4 Å². The Hall–Kier alpha value is -2.01. The number of methoxy groups -OCH3 is 1. The van der Waals surface area contributed by atoms with E-state index in [1.165, 1.54) is 10.4 Å². The SMILES string of the molecule is COc1cc(C[NH2+]Cc2cccs2)ccc1OCc1cccc(Cl)c1. The van der Waals surface area contributed by atoms with Crippen LogP contribution in [0.4, 0.5) is 0 Å². The van der Waals surface area contributed by atoms with Gasteiger partial charge < -0.3 is 14.8 Å². The minimum absolute atomic E-state index is 0.459. The number of ether oxygens (including phenoxy) is 2. The third kappa shape index (κ3) is 5.23. The first-order valence-electron chi connectivity index (χ1n) is 8.13. The first-order chi connectivity index (χ1) is 12.2. The Balaban J connectivity index is 1.59. The first kappa shape index (κ1) is 17.8. The molecule has 1 heterocycles. The van der Waals surface area contributed by atoms with Crippen molar-refractivity contribution in [2.45, 2.75) is 19.7 Å². The zero-order valence-electron chi connectivity index (χ0n) is 14.1. The van der Waals surface area contributed by atoms with Crippen LogP contribution in [0.3, 0.4) is 0 Å². The maximum atomic E-state index is 6.01. The Morgan fingerprint density at radius 3 is 2.64 bits per heavy atom. The van der Waals surface area contributed by atoms with Crippen LogP contribution in [0.1, 0.15) is 16.0 Å². The van der Waals surface area contributed by atoms with E-state index in [4.69, 9.17) is 21.1 Å². The number of thiophene rings is 1. The highest BCUT2D eigenvalue weighted by molar-refractivity contribution is 7.09. The normalized spacial score (nSPS) is 10.6. The highest BCUT2D eigenvalue weighted by Gasteiger charge is 2.08. The number of halogens is 1. The molecule has 2 N–H and O–H groups in total. The second-order valence-electron chi connectivity index (χ2n) is 5.68. The molecule has 0 amide bonds. The van der Waals surface area contributed by atoms with E-state index in [2.05, 4.69) is 28.9 Å². The Morgan fingerprint density at radius 2 is 1.88 bits per heavy atom. The predicted molar refractivity (Wildman–Crippen MR) is 102 cm³/mol. The van der Waals surface area contributed by atoms with E-state index in [0.29, 0.717) is 11.6 Å². The molecule has 130 valence electrons. The van der Waals surface area contributed by atoms with Crippen LogP contribution < -0.4 is 14.8 Å². The van der Waals surface area contributed by atoms with Crippen LogP contribution >= 0.6 is 22.9 Å². The van der Waals surface area contributed by atoms with Gasteiger partial charge in [0.25, 0.3) is 0 Å². The standard InChI is InChI=1S/C20H20ClNO2S/c1-23-20-11-15(12-22-13-18-6-3-9-25-18)7-8-19(20)24-14-16-4-2-5-17(21)10-16/h2-11,22H,12-14H2,1H3/p+1. The lowest BCUT2D eigenvalue weighted by atomic mass is 10.2. The summed E-state index contributed by atoms with van der Waals surface area (Å²) in [6, 6.07) is 18.0. The Kier molecular flexibility index (Phi) is 6.34. The molecule has 3 aromatic rings. The Labute approximate surface area is 157 Å². The van der Waals surface area contributed by atoms with Crippen molar-refractivity contribution in [2.75, 3.05) is 7.11 Å². The smallest absolute Gasteiger partial charge is 0.161 e. The molecule has 0 spiro atoms. The summed E-state index contributed by atoms with van der Waals surface area (Å²) in [4.78, 5) is 1.38. The fourth-order valence-corrected chi connectivity index (χ4v) is 3.47. The van der Waals surface area contributed by atoms with E-state index in [9.17, 15) is 0 Å². The van der Waals surface area contributed by atoms with Gasteiger partial charge in [0.15, 0.2) is 11.5 Å². The molecule has 0 radical (unpaired) electrons. The van der Waals surface area contributed by atoms with Crippen molar-refractivity contribution < 1.29 is 14.8 Å². The second kappa shape index (κ2) is 8.90. The summed E-state index contributed by atoms with van der Waals surface area (Å²) in [6.45, 7) is 2.36. The molecule has 1 aromatic heterocycles. The van der Waals surface area contributed by atoms with Gasteiger partial charge in [0.2, 0.25) is 0 Å². The summed E-state index contributed by atoms with van der Waals surface area (Å²) in [6.07, 6.45) is 0. The number of nitrogens with two attached hydrogens (primary N) is 1. The minimum Gasteiger partial charge on any atom is -0.493 e. The van der Waals surface area contributed by atoms with Crippen molar-refractivity contribution in [3.05, 3.63) is 81.0 Å². The molecule has 0 atom stereocenters. The third-order valence-corrected chi connectivity index (χ3v) is 4.95. The quantitative estimate of drug-likeness (QED) is 0.639. The van der Waals surface area contributed by atoms with Crippen LogP contribution in [-0.2, 0) is 19.7 Å². The molecule has 0 aliphatic heterocycles. The van der Waals surface area contributed by atoms with E-state index in [0.717, 1.165) is 30.2 Å². The highest BCUT2D eigenvalue weighted by atomic mass is 35.5. The van der Waals surface area contributed by atoms with E-state index >= 15 is 0 Å². The summed E-state index contributed by atoms with van der Waals surface area (Å²) in [5.74, 6) is 1.49. The summed E-state index contributed by atoms with van der Waals surface area (Å²) in [5, 5.41) is 5.11. The fraction of sp³-hybridized carbons (Fsp3) is 0.200. The largest absolute Gasteiger partial charge is 0.493 e. The van der Waals surface area contributed by atoms with E-state index < -0.39 is 0 Å². The lowest BCUT2D eigenvalue weighted by Crippen LogP contribution is -2.80. The Morgan fingerprint density at radius 1 is 0.960 bits per heavy atom. The van der Waals surface area contributed by atoms with Crippen molar-refractivity contribution in [3.8, 4) is 11.5 Å². The molecular weight excluding hydrogens is 354 g/mol. The molecule has 0 saturated heterocycles. The van der Waals surface area contributed by atoms with Gasteiger partial charge in [0.1, 0.15) is 19.7 Å². The number of benzene rings is 2. The first-order valence-corrected chi connectivity index (χ1v) is 9.38. The summed E-state index contributed by atoms with van der Waals surface area (Å²) >= 11 is 7.80. The van der Waals surface area contributed by atoms with Crippen LogP contribution in [0.15, 0.2) is 60.0 Å². The van der Waals surface area contributed by atoms with Gasteiger partial charge in [0, 0.05) is 10.6 Å². The topological polar surface area (TPSA) is 35.1 Å². The van der Waals surface area contributed by atoms with Gasteiger partial charge in [-0.2, -0.15) is 0 Å². The van der Waals surface area contributed by atoms with Gasteiger partial charge in [-0.05, 0) is 47.3 Å². The van der Waals surface area contributed by atoms with Gasteiger partial charge in [0.05, 0.1) is 12.0 Å². The van der Waals surface area contributed by atoms with E-state index in [-0.39, 0.29) is 0 Å². The van der Waals surface area contributed by atoms with Gasteiger partial charge in [-0.15, -0.1) is 11.3 Å². The maximum absolute atomic E-state index is 6.01. The van der Waals surface area contributed by atoms with Crippen molar-refractivity contribution >= 4 is 22.9 Å². The molecule has 25 heavy (non-hydrogen) atoms. The molecule has 3 nitrogen and oxygen atoms in total. The summed E-state index contributed by atoms with van der Waals surface area (Å²) in [5.41, 5.74) is 2.24. The summed E-state index contributed by atoms with van der Waals surface area (Å²) < 4.78 is 11.4. The lowest BCUT2D eigenvalue weighted by Gasteiger charge is -2.12. The maximum Gasteiger partial charge on any atom is 0.161 e. The fourth-order valence-electron chi connectivity index (χ4n) is 2.56. The molecule has 0 saturated carbocycles. The predicted octanol–water partition coefficient (Wildman–Crippen LogP) is 4.25.